The van der Waals surface area contributed by atoms with Gasteiger partial charge in [0.05, 0.1) is 38.6 Å². The summed E-state index contributed by atoms with van der Waals surface area (Å²) in [7, 11) is 4.91. The number of fused-ring (bicyclic) bond motifs is 1. The number of carbonyl (C=O) groups is 1. The van der Waals surface area contributed by atoms with Crippen LogP contribution in [0.3, 0.4) is 0 Å². The third-order valence-electron chi connectivity index (χ3n) is 4.77. The van der Waals surface area contributed by atoms with E-state index in [1.165, 1.54) is 0 Å². The second-order valence-electron chi connectivity index (χ2n) is 6.50. The number of methoxy groups -OCH3 is 2. The van der Waals surface area contributed by atoms with Crippen molar-refractivity contribution in [3.63, 3.8) is 0 Å². The molecule has 0 aromatic heterocycles. The molecule has 2 aromatic carbocycles. The van der Waals surface area contributed by atoms with Gasteiger partial charge in [-0.2, -0.15) is 0 Å². The summed E-state index contributed by atoms with van der Waals surface area (Å²) in [5.74, 6) is 1.90. The molecule has 0 spiro atoms. The van der Waals surface area contributed by atoms with E-state index in [-0.39, 0.29) is 12.0 Å². The number of nitrogens with zero attached hydrogens (tertiary/aromatic N) is 2. The zero-order valence-corrected chi connectivity index (χ0v) is 16.3. The second kappa shape index (κ2) is 8.20. The molecule has 144 valence electrons. The van der Waals surface area contributed by atoms with E-state index < -0.39 is 0 Å². The minimum atomic E-state index is -0.111. The third kappa shape index (κ3) is 3.94. The number of para-hydroxylation sites is 2. The zero-order valence-electron chi connectivity index (χ0n) is 16.3. The van der Waals surface area contributed by atoms with Crippen molar-refractivity contribution in [2.45, 2.75) is 13.0 Å². The highest BCUT2D eigenvalue weighted by Crippen LogP contribution is 2.33. The van der Waals surface area contributed by atoms with Gasteiger partial charge in [0.2, 0.25) is 0 Å². The van der Waals surface area contributed by atoms with E-state index in [1.54, 1.807) is 44.4 Å². The Morgan fingerprint density at radius 3 is 2.70 bits per heavy atom. The fourth-order valence-corrected chi connectivity index (χ4v) is 3.34. The van der Waals surface area contributed by atoms with Crippen LogP contribution in [0.25, 0.3) is 0 Å². The Bertz CT molecular complexity index is 809. The highest BCUT2D eigenvalue weighted by Gasteiger charge is 2.27. The molecule has 0 radical (unpaired) electrons. The summed E-state index contributed by atoms with van der Waals surface area (Å²) in [4.78, 5) is 16.9. The number of carbonyl (C=O) groups excluding carboxylic acids is 1. The topological polar surface area (TPSA) is 51.2 Å². The van der Waals surface area contributed by atoms with Crippen LogP contribution in [0.15, 0.2) is 42.5 Å². The van der Waals surface area contributed by atoms with Crippen molar-refractivity contribution in [2.75, 3.05) is 45.8 Å². The van der Waals surface area contributed by atoms with Crippen molar-refractivity contribution in [3.05, 3.63) is 48.0 Å². The molecule has 3 rings (SSSR count). The van der Waals surface area contributed by atoms with Gasteiger partial charge in [-0.1, -0.05) is 12.1 Å². The van der Waals surface area contributed by atoms with Crippen LogP contribution in [0.5, 0.6) is 17.2 Å². The van der Waals surface area contributed by atoms with E-state index >= 15 is 0 Å². The van der Waals surface area contributed by atoms with Gasteiger partial charge in [0.25, 0.3) is 5.91 Å². The van der Waals surface area contributed by atoms with Crippen LogP contribution in [0.4, 0.5) is 5.69 Å². The average molecular weight is 370 g/mol. The first-order valence-electron chi connectivity index (χ1n) is 9.05. The maximum Gasteiger partial charge on any atom is 0.257 e. The van der Waals surface area contributed by atoms with E-state index in [0.717, 1.165) is 24.5 Å². The van der Waals surface area contributed by atoms with Crippen LogP contribution in [-0.4, -0.2) is 57.8 Å². The van der Waals surface area contributed by atoms with E-state index in [9.17, 15) is 4.79 Å². The smallest absolute Gasteiger partial charge is 0.257 e. The monoisotopic (exact) mass is 370 g/mol. The first kappa shape index (κ1) is 18.9. The van der Waals surface area contributed by atoms with Crippen molar-refractivity contribution in [1.29, 1.82) is 0 Å². The van der Waals surface area contributed by atoms with Gasteiger partial charge in [0, 0.05) is 19.7 Å². The maximum atomic E-state index is 12.9. The first-order chi connectivity index (χ1) is 13.1. The fourth-order valence-electron chi connectivity index (χ4n) is 3.34. The van der Waals surface area contributed by atoms with Crippen LogP contribution < -0.4 is 19.1 Å². The summed E-state index contributed by atoms with van der Waals surface area (Å²) in [6.07, 6.45) is -0.0990. The molecule has 2 aromatic rings. The van der Waals surface area contributed by atoms with Crippen LogP contribution in [0.2, 0.25) is 0 Å². The van der Waals surface area contributed by atoms with E-state index in [0.29, 0.717) is 23.6 Å². The molecule has 1 heterocycles. The summed E-state index contributed by atoms with van der Waals surface area (Å²) >= 11 is 0. The highest BCUT2D eigenvalue weighted by molar-refractivity contribution is 5.97. The Balaban J connectivity index is 1.74. The molecule has 6 heteroatoms. The van der Waals surface area contributed by atoms with Gasteiger partial charge in [-0.05, 0) is 31.2 Å². The maximum absolute atomic E-state index is 12.9. The number of likely N-dealkylation sites (N-methyl/N-ethyl adjacent to an activating group) is 2. The standard InChI is InChI=1S/C21H26N2O4/c1-5-23-14-16(27-19-9-7-6-8-18(19)23)13-22(2)21(24)17-11-10-15(25-3)12-20(17)26-4/h6-12,16H,5,13-14H2,1-4H3/t16-/m1/s1. The van der Waals surface area contributed by atoms with Crippen molar-refractivity contribution in [1.82, 2.24) is 4.90 Å². The molecular weight excluding hydrogens is 344 g/mol. The van der Waals surface area contributed by atoms with Crippen molar-refractivity contribution >= 4 is 11.6 Å². The summed E-state index contributed by atoms with van der Waals surface area (Å²) in [5.41, 5.74) is 1.60. The molecule has 6 nitrogen and oxygen atoms in total. The molecule has 1 aliphatic heterocycles. The van der Waals surface area contributed by atoms with E-state index in [1.807, 2.05) is 18.2 Å². The SMILES string of the molecule is CCN1C[C@@H](CN(C)C(=O)c2ccc(OC)cc2OC)Oc2ccccc21. The number of rotatable bonds is 6. The quantitative estimate of drug-likeness (QED) is 0.782. The number of amides is 1. The minimum Gasteiger partial charge on any atom is -0.497 e. The third-order valence-corrected chi connectivity index (χ3v) is 4.77. The molecule has 1 atom stereocenters. The summed E-state index contributed by atoms with van der Waals surface area (Å²) < 4.78 is 16.7. The Morgan fingerprint density at radius 2 is 2.00 bits per heavy atom. The molecule has 27 heavy (non-hydrogen) atoms. The summed E-state index contributed by atoms with van der Waals surface area (Å²) in [5, 5.41) is 0. The van der Waals surface area contributed by atoms with Crippen LogP contribution in [0.1, 0.15) is 17.3 Å². The Labute approximate surface area is 160 Å². The molecular formula is C21H26N2O4. The average Bonchev–Trinajstić information content (AvgIpc) is 2.71. The highest BCUT2D eigenvalue weighted by atomic mass is 16.5. The molecule has 1 aliphatic rings. The van der Waals surface area contributed by atoms with Crippen molar-refractivity contribution in [2.24, 2.45) is 0 Å². The first-order valence-corrected chi connectivity index (χ1v) is 9.05. The van der Waals surface area contributed by atoms with Gasteiger partial charge in [0.15, 0.2) is 0 Å². The van der Waals surface area contributed by atoms with Gasteiger partial charge in [-0.25, -0.2) is 0 Å². The molecule has 0 aliphatic carbocycles. The number of ether oxygens (including phenoxy) is 3. The number of benzene rings is 2. The normalized spacial score (nSPS) is 15.6. The fraction of sp³-hybridized carbons (Fsp3) is 0.381. The van der Waals surface area contributed by atoms with Crippen molar-refractivity contribution < 1.29 is 19.0 Å². The molecule has 0 N–H and O–H groups in total. The van der Waals surface area contributed by atoms with Gasteiger partial charge in [-0.3, -0.25) is 4.79 Å². The summed E-state index contributed by atoms with van der Waals surface area (Å²) in [6.45, 7) is 4.24. The largest absolute Gasteiger partial charge is 0.497 e. The molecule has 0 unspecified atom stereocenters. The van der Waals surface area contributed by atoms with Gasteiger partial charge in [0.1, 0.15) is 23.4 Å². The molecule has 1 amide bonds. The van der Waals surface area contributed by atoms with E-state index in [2.05, 4.69) is 17.9 Å². The van der Waals surface area contributed by atoms with Gasteiger partial charge < -0.3 is 24.0 Å². The van der Waals surface area contributed by atoms with Crippen LogP contribution in [0, 0.1) is 0 Å². The number of anilines is 1. The molecule has 0 saturated carbocycles. The lowest BCUT2D eigenvalue weighted by Gasteiger charge is -2.37. The molecule has 0 saturated heterocycles. The lowest BCUT2D eigenvalue weighted by molar-refractivity contribution is 0.0706. The number of hydrogen-bond acceptors (Lipinski definition) is 5. The predicted molar refractivity (Wildman–Crippen MR) is 105 cm³/mol. The molecule has 0 bridgehead atoms. The van der Waals surface area contributed by atoms with Gasteiger partial charge in [-0.15, -0.1) is 0 Å². The lowest BCUT2D eigenvalue weighted by Crippen LogP contribution is -2.46. The van der Waals surface area contributed by atoms with E-state index in [4.69, 9.17) is 14.2 Å². The molecule has 0 fully saturated rings. The van der Waals surface area contributed by atoms with Gasteiger partial charge >= 0.3 is 0 Å². The Morgan fingerprint density at radius 1 is 1.22 bits per heavy atom. The van der Waals surface area contributed by atoms with Crippen molar-refractivity contribution in [3.8, 4) is 17.2 Å². The number of hydrogen-bond donors (Lipinski definition) is 0. The Hall–Kier alpha value is -2.89. The Kier molecular flexibility index (Phi) is 5.74. The predicted octanol–water partition coefficient (Wildman–Crippen LogP) is 3.06. The van der Waals surface area contributed by atoms with Crippen LogP contribution in [-0.2, 0) is 0 Å². The second-order valence-corrected chi connectivity index (χ2v) is 6.50. The summed E-state index contributed by atoms with van der Waals surface area (Å²) in [6, 6.07) is 13.2. The minimum absolute atomic E-state index is 0.0990. The van der Waals surface area contributed by atoms with Crippen LogP contribution >= 0.6 is 0 Å². The zero-order chi connectivity index (χ0) is 19.4. The lowest BCUT2D eigenvalue weighted by atomic mass is 10.1.